The largest absolute Gasteiger partial charge is 0.493 e. The van der Waals surface area contributed by atoms with E-state index >= 15 is 0 Å². The zero-order valence-corrected chi connectivity index (χ0v) is 18.5. The summed E-state index contributed by atoms with van der Waals surface area (Å²) < 4.78 is 16.3. The molecule has 4 rings (SSSR count). The maximum Gasteiger partial charge on any atom is 0.241 e. The summed E-state index contributed by atoms with van der Waals surface area (Å²) in [6, 6.07) is 11.9. The van der Waals surface area contributed by atoms with Crippen LogP contribution >= 0.6 is 0 Å². The van der Waals surface area contributed by atoms with Gasteiger partial charge in [-0.1, -0.05) is 0 Å². The van der Waals surface area contributed by atoms with Crippen molar-refractivity contribution in [1.29, 1.82) is 0 Å². The predicted molar refractivity (Wildman–Crippen MR) is 121 cm³/mol. The molecule has 1 amide bonds. The van der Waals surface area contributed by atoms with E-state index < -0.39 is 0 Å². The number of rotatable bonds is 6. The van der Waals surface area contributed by atoms with E-state index in [-0.39, 0.29) is 11.9 Å². The average molecular weight is 426 g/mol. The molecule has 0 bridgehead atoms. The summed E-state index contributed by atoms with van der Waals surface area (Å²) in [7, 11) is 3.30. The highest BCUT2D eigenvalue weighted by Crippen LogP contribution is 2.33. The monoisotopic (exact) mass is 425 g/mol. The molecule has 2 heterocycles. The molecule has 1 N–H and O–H groups in total. The van der Waals surface area contributed by atoms with Crippen LogP contribution in [0.15, 0.2) is 36.4 Å². The van der Waals surface area contributed by atoms with Crippen molar-refractivity contribution in [2.75, 3.05) is 57.3 Å². The van der Waals surface area contributed by atoms with Crippen LogP contribution in [0.2, 0.25) is 0 Å². The zero-order chi connectivity index (χ0) is 21.8. The minimum absolute atomic E-state index is 0.00282. The summed E-state index contributed by atoms with van der Waals surface area (Å²) >= 11 is 0. The smallest absolute Gasteiger partial charge is 0.241 e. The highest BCUT2D eigenvalue weighted by Gasteiger charge is 2.26. The first-order valence-electron chi connectivity index (χ1n) is 10.8. The highest BCUT2D eigenvalue weighted by molar-refractivity contribution is 5.94. The maximum absolute atomic E-state index is 12.9. The van der Waals surface area contributed by atoms with Crippen LogP contribution in [0.5, 0.6) is 11.5 Å². The molecule has 1 fully saturated rings. The molecule has 1 atom stereocenters. The maximum atomic E-state index is 12.9. The van der Waals surface area contributed by atoms with Gasteiger partial charge >= 0.3 is 0 Å². The van der Waals surface area contributed by atoms with Crippen LogP contribution < -0.4 is 19.7 Å². The minimum Gasteiger partial charge on any atom is -0.493 e. The Labute approximate surface area is 183 Å². The van der Waals surface area contributed by atoms with Crippen LogP contribution in [0.25, 0.3) is 0 Å². The van der Waals surface area contributed by atoms with Crippen molar-refractivity contribution in [3.8, 4) is 11.5 Å². The van der Waals surface area contributed by atoms with E-state index in [1.165, 1.54) is 11.1 Å². The number of anilines is 2. The number of fused-ring (bicyclic) bond motifs is 1. The Hall–Kier alpha value is -2.77. The Morgan fingerprint density at radius 3 is 2.29 bits per heavy atom. The van der Waals surface area contributed by atoms with E-state index in [9.17, 15) is 4.79 Å². The van der Waals surface area contributed by atoms with Gasteiger partial charge in [0.25, 0.3) is 0 Å². The summed E-state index contributed by atoms with van der Waals surface area (Å²) in [6.07, 6.45) is 0.877. The van der Waals surface area contributed by atoms with Crippen molar-refractivity contribution in [3.63, 3.8) is 0 Å². The molecule has 1 saturated heterocycles. The topological polar surface area (TPSA) is 63.3 Å². The number of carbonyl (C=O) groups excluding carboxylic acids is 1. The lowest BCUT2D eigenvalue weighted by molar-refractivity contribution is -0.121. The summed E-state index contributed by atoms with van der Waals surface area (Å²) in [5.74, 6) is 1.48. The molecule has 31 heavy (non-hydrogen) atoms. The lowest BCUT2D eigenvalue weighted by atomic mass is 9.97. The first kappa shape index (κ1) is 21.5. The molecule has 0 spiro atoms. The van der Waals surface area contributed by atoms with Crippen LogP contribution in [0, 0.1) is 0 Å². The van der Waals surface area contributed by atoms with E-state index in [0.29, 0.717) is 6.54 Å². The third-order valence-corrected chi connectivity index (χ3v) is 6.19. The number of morpholine rings is 1. The van der Waals surface area contributed by atoms with Gasteiger partial charge in [0.2, 0.25) is 5.91 Å². The molecule has 2 aromatic carbocycles. The Morgan fingerprint density at radius 2 is 1.65 bits per heavy atom. The van der Waals surface area contributed by atoms with Gasteiger partial charge in [-0.3, -0.25) is 9.69 Å². The van der Waals surface area contributed by atoms with Gasteiger partial charge in [-0.15, -0.1) is 0 Å². The number of carbonyl (C=O) groups is 1. The van der Waals surface area contributed by atoms with E-state index in [4.69, 9.17) is 14.2 Å². The summed E-state index contributed by atoms with van der Waals surface area (Å²) in [4.78, 5) is 17.4. The zero-order valence-electron chi connectivity index (χ0n) is 18.5. The SMILES string of the molecule is COc1cc2c(cc1OC)CN([C@H](C)C(=O)Nc1ccc(N3CCOCC3)cc1)CC2. The molecule has 2 aromatic rings. The first-order chi connectivity index (χ1) is 15.1. The van der Waals surface area contributed by atoms with Gasteiger partial charge in [-0.2, -0.15) is 0 Å². The quantitative estimate of drug-likeness (QED) is 0.768. The molecule has 2 aliphatic rings. The molecule has 0 aromatic heterocycles. The first-order valence-corrected chi connectivity index (χ1v) is 10.8. The molecule has 7 heteroatoms. The van der Waals surface area contributed by atoms with Crippen molar-refractivity contribution in [1.82, 2.24) is 4.90 Å². The molecule has 0 unspecified atom stereocenters. The Bertz CT molecular complexity index is 910. The molecular weight excluding hydrogens is 394 g/mol. The molecule has 0 saturated carbocycles. The molecule has 2 aliphatic heterocycles. The van der Waals surface area contributed by atoms with Gasteiger partial charge < -0.3 is 24.4 Å². The molecule has 166 valence electrons. The van der Waals surface area contributed by atoms with Crippen molar-refractivity contribution in [2.24, 2.45) is 0 Å². The number of nitrogens with zero attached hydrogens (tertiary/aromatic N) is 2. The fourth-order valence-electron chi connectivity index (χ4n) is 4.23. The minimum atomic E-state index is -0.236. The van der Waals surface area contributed by atoms with Gasteiger partial charge in [0.15, 0.2) is 11.5 Å². The second-order valence-electron chi connectivity index (χ2n) is 8.01. The summed E-state index contributed by atoms with van der Waals surface area (Å²) in [5.41, 5.74) is 4.41. The Kier molecular flexibility index (Phi) is 6.63. The van der Waals surface area contributed by atoms with Gasteiger partial charge in [0, 0.05) is 37.6 Å². The molecular formula is C24H31N3O4. The highest BCUT2D eigenvalue weighted by atomic mass is 16.5. The normalized spacial score (nSPS) is 17.6. The number of hydrogen-bond donors (Lipinski definition) is 1. The van der Waals surface area contributed by atoms with E-state index in [1.54, 1.807) is 14.2 Å². The summed E-state index contributed by atoms with van der Waals surface area (Å²) in [5, 5.41) is 3.07. The van der Waals surface area contributed by atoms with Crippen LogP contribution in [0.1, 0.15) is 18.1 Å². The molecule has 7 nitrogen and oxygen atoms in total. The van der Waals surface area contributed by atoms with E-state index in [2.05, 4.69) is 27.2 Å². The number of nitrogens with one attached hydrogen (secondary N) is 1. The van der Waals surface area contributed by atoms with Crippen LogP contribution in [-0.4, -0.2) is 63.9 Å². The number of amides is 1. The number of hydrogen-bond acceptors (Lipinski definition) is 6. The molecule has 0 aliphatic carbocycles. The second kappa shape index (κ2) is 9.58. The number of benzene rings is 2. The van der Waals surface area contributed by atoms with Crippen LogP contribution in [0.4, 0.5) is 11.4 Å². The van der Waals surface area contributed by atoms with Crippen molar-refractivity contribution < 1.29 is 19.0 Å². The number of methoxy groups -OCH3 is 2. The van der Waals surface area contributed by atoms with Crippen LogP contribution in [0.3, 0.4) is 0 Å². The lowest BCUT2D eigenvalue weighted by Crippen LogP contribution is -2.44. The standard InChI is InChI=1S/C24H31N3O4/c1-17(27-9-8-18-14-22(29-2)23(30-3)15-19(18)16-27)24(28)25-20-4-6-21(7-5-20)26-10-12-31-13-11-26/h4-7,14-15,17H,8-13,16H2,1-3H3,(H,25,28)/t17-/m1/s1. The van der Waals surface area contributed by atoms with Gasteiger partial charge in [-0.25, -0.2) is 0 Å². The Balaban J connectivity index is 1.38. The van der Waals surface area contributed by atoms with E-state index in [0.717, 1.165) is 62.1 Å². The third kappa shape index (κ3) is 4.78. The van der Waals surface area contributed by atoms with Crippen molar-refractivity contribution in [2.45, 2.75) is 25.9 Å². The third-order valence-electron chi connectivity index (χ3n) is 6.19. The second-order valence-corrected chi connectivity index (χ2v) is 8.01. The van der Waals surface area contributed by atoms with Gasteiger partial charge in [-0.05, 0) is 60.9 Å². The predicted octanol–water partition coefficient (Wildman–Crippen LogP) is 2.93. The fourth-order valence-corrected chi connectivity index (χ4v) is 4.23. The van der Waals surface area contributed by atoms with E-state index in [1.807, 2.05) is 31.2 Å². The van der Waals surface area contributed by atoms with Gasteiger partial charge in [0.05, 0.1) is 33.5 Å². The lowest BCUT2D eigenvalue weighted by Gasteiger charge is -2.33. The average Bonchev–Trinajstić information content (AvgIpc) is 2.83. The van der Waals surface area contributed by atoms with Crippen LogP contribution in [-0.2, 0) is 22.5 Å². The fraction of sp³-hybridized carbons (Fsp3) is 0.458. The van der Waals surface area contributed by atoms with Crippen molar-refractivity contribution >= 4 is 17.3 Å². The molecule has 0 radical (unpaired) electrons. The van der Waals surface area contributed by atoms with Gasteiger partial charge in [0.1, 0.15) is 0 Å². The number of ether oxygens (including phenoxy) is 3. The van der Waals surface area contributed by atoms with Crippen molar-refractivity contribution in [3.05, 3.63) is 47.5 Å². The Morgan fingerprint density at radius 1 is 1.00 bits per heavy atom. The summed E-state index contributed by atoms with van der Waals surface area (Å²) in [6.45, 7) is 6.81.